The Bertz CT molecular complexity index is 1580. The molecule has 5 N–H and O–H groups in total. The molecule has 6 rings (SSSR count). The standard InChI is InChI=1S/C33H39N9O3/c34-21-22-4-6-25(7-5-22)33(44)42(28-10-8-24(9-11-28)32-37-39-40-38-32)29(31(35)43)19-23-2-1-3-26(18-23)27-12-13-36-30(20-27)41-14-16-45-17-15-41/h1-3,8-13,18,20,22,25,29H,4-7,14-17,19,21,34H2,(H2,35,43)(H,37,38,39,40)/t22?,25?,29-/m0/s1. The lowest BCUT2D eigenvalue weighted by molar-refractivity contribution is -0.127. The number of tetrazole rings is 1. The van der Waals surface area contributed by atoms with Crippen LogP contribution in [0.1, 0.15) is 31.2 Å². The highest BCUT2D eigenvalue weighted by atomic mass is 16.5. The van der Waals surface area contributed by atoms with E-state index in [2.05, 4.69) is 42.6 Å². The van der Waals surface area contributed by atoms with Gasteiger partial charge in [0.25, 0.3) is 0 Å². The molecule has 1 aliphatic heterocycles. The van der Waals surface area contributed by atoms with Gasteiger partial charge in [0.1, 0.15) is 11.9 Å². The minimum atomic E-state index is -0.891. The van der Waals surface area contributed by atoms with Gasteiger partial charge in [-0.15, -0.1) is 10.2 Å². The van der Waals surface area contributed by atoms with Gasteiger partial charge in [-0.3, -0.25) is 14.5 Å². The van der Waals surface area contributed by atoms with E-state index >= 15 is 0 Å². The number of aromatic amines is 1. The number of carbonyl (C=O) groups is 2. The van der Waals surface area contributed by atoms with Crippen LogP contribution in [0.3, 0.4) is 0 Å². The number of carbonyl (C=O) groups excluding carboxylic acids is 2. The van der Waals surface area contributed by atoms with E-state index in [1.54, 1.807) is 4.90 Å². The van der Waals surface area contributed by atoms with Gasteiger partial charge in [0, 0.05) is 42.9 Å². The van der Waals surface area contributed by atoms with E-state index < -0.39 is 11.9 Å². The number of rotatable bonds is 10. The zero-order chi connectivity index (χ0) is 31.2. The molecule has 2 amide bonds. The van der Waals surface area contributed by atoms with Crippen molar-refractivity contribution in [1.82, 2.24) is 25.6 Å². The molecule has 0 radical (unpaired) electrons. The van der Waals surface area contributed by atoms with Crippen LogP contribution in [-0.4, -0.2) is 76.3 Å². The molecule has 2 aliphatic rings. The van der Waals surface area contributed by atoms with Crippen molar-refractivity contribution in [2.24, 2.45) is 23.3 Å². The first kappa shape index (κ1) is 30.4. The smallest absolute Gasteiger partial charge is 0.240 e. The van der Waals surface area contributed by atoms with Gasteiger partial charge in [-0.2, -0.15) is 5.21 Å². The number of hydrogen-bond acceptors (Lipinski definition) is 9. The van der Waals surface area contributed by atoms with Crippen molar-refractivity contribution in [2.45, 2.75) is 38.1 Å². The second-order valence-corrected chi connectivity index (χ2v) is 11.8. The van der Waals surface area contributed by atoms with Crippen LogP contribution in [0, 0.1) is 11.8 Å². The van der Waals surface area contributed by atoms with Gasteiger partial charge in [0.15, 0.2) is 0 Å². The lowest BCUT2D eigenvalue weighted by Gasteiger charge is -2.35. The fraction of sp³-hybridized carbons (Fsp3) is 0.394. The van der Waals surface area contributed by atoms with E-state index in [9.17, 15) is 9.59 Å². The highest BCUT2D eigenvalue weighted by Crippen LogP contribution is 2.33. The Hall–Kier alpha value is -4.68. The maximum atomic E-state index is 14.2. The van der Waals surface area contributed by atoms with Crippen LogP contribution in [0.2, 0.25) is 0 Å². The van der Waals surface area contributed by atoms with Gasteiger partial charge in [-0.1, -0.05) is 24.3 Å². The average molecular weight is 610 g/mol. The summed E-state index contributed by atoms with van der Waals surface area (Å²) in [4.78, 5) is 35.8. The first-order valence-corrected chi connectivity index (χ1v) is 15.5. The fourth-order valence-electron chi connectivity index (χ4n) is 6.34. The van der Waals surface area contributed by atoms with E-state index in [4.69, 9.17) is 16.2 Å². The number of ether oxygens (including phenoxy) is 1. The monoisotopic (exact) mass is 609 g/mol. The topological polar surface area (TPSA) is 169 Å². The van der Waals surface area contributed by atoms with Crippen LogP contribution in [0.15, 0.2) is 66.9 Å². The molecule has 1 saturated carbocycles. The molecule has 234 valence electrons. The van der Waals surface area contributed by atoms with Crippen LogP contribution in [0.5, 0.6) is 0 Å². The van der Waals surface area contributed by atoms with Gasteiger partial charge in [-0.05, 0) is 96.4 Å². The Morgan fingerprint density at radius 2 is 1.73 bits per heavy atom. The SMILES string of the molecule is NCC1CCC(C(=O)N(c2ccc(-c3nn[nH]n3)cc2)[C@@H](Cc2cccc(-c3ccnc(N4CCOCC4)c3)c2)C(N)=O)CC1. The number of morpholine rings is 1. The van der Waals surface area contributed by atoms with Gasteiger partial charge in [0.05, 0.1) is 13.2 Å². The van der Waals surface area contributed by atoms with Crippen LogP contribution in [0.4, 0.5) is 11.5 Å². The van der Waals surface area contributed by atoms with Crippen molar-refractivity contribution in [3.05, 3.63) is 72.4 Å². The van der Waals surface area contributed by atoms with Crippen molar-refractivity contribution in [2.75, 3.05) is 42.6 Å². The molecule has 2 aromatic heterocycles. The summed E-state index contributed by atoms with van der Waals surface area (Å²) in [6.07, 6.45) is 5.32. The number of hydrogen-bond donors (Lipinski definition) is 3. The Balaban J connectivity index is 1.29. The Morgan fingerprint density at radius 3 is 2.42 bits per heavy atom. The van der Waals surface area contributed by atoms with Gasteiger partial charge in [-0.25, -0.2) is 4.98 Å². The van der Waals surface area contributed by atoms with Crippen LogP contribution < -0.4 is 21.3 Å². The van der Waals surface area contributed by atoms with Crippen LogP contribution >= 0.6 is 0 Å². The van der Waals surface area contributed by atoms with E-state index in [0.29, 0.717) is 37.2 Å². The molecular formula is C33H39N9O3. The number of nitrogens with two attached hydrogens (primary N) is 2. The summed E-state index contributed by atoms with van der Waals surface area (Å²) in [5.74, 6) is 0.890. The molecule has 3 heterocycles. The summed E-state index contributed by atoms with van der Waals surface area (Å²) in [7, 11) is 0. The zero-order valence-electron chi connectivity index (χ0n) is 25.2. The van der Waals surface area contributed by atoms with Crippen molar-refractivity contribution >= 4 is 23.3 Å². The molecule has 45 heavy (non-hydrogen) atoms. The number of nitrogens with zero attached hydrogens (tertiary/aromatic N) is 6. The maximum absolute atomic E-state index is 14.2. The highest BCUT2D eigenvalue weighted by Gasteiger charge is 2.36. The fourth-order valence-corrected chi connectivity index (χ4v) is 6.34. The van der Waals surface area contributed by atoms with Crippen LogP contribution in [-0.2, 0) is 20.7 Å². The molecule has 0 unspecified atom stereocenters. The Morgan fingerprint density at radius 1 is 0.978 bits per heavy atom. The maximum Gasteiger partial charge on any atom is 0.240 e. The summed E-state index contributed by atoms with van der Waals surface area (Å²) >= 11 is 0. The quantitative estimate of drug-likeness (QED) is 0.245. The number of pyridine rings is 1. The van der Waals surface area contributed by atoms with Crippen molar-refractivity contribution < 1.29 is 14.3 Å². The first-order valence-electron chi connectivity index (χ1n) is 15.5. The third-order valence-corrected chi connectivity index (χ3v) is 8.93. The lowest BCUT2D eigenvalue weighted by Crippen LogP contribution is -2.52. The van der Waals surface area contributed by atoms with Crippen molar-refractivity contribution in [3.63, 3.8) is 0 Å². The van der Waals surface area contributed by atoms with Crippen LogP contribution in [0.25, 0.3) is 22.5 Å². The first-order chi connectivity index (χ1) is 22.0. The van der Waals surface area contributed by atoms with E-state index in [-0.39, 0.29) is 18.2 Å². The summed E-state index contributed by atoms with van der Waals surface area (Å²) in [6.45, 7) is 3.57. The number of anilines is 2. The predicted octanol–water partition coefficient (Wildman–Crippen LogP) is 2.96. The van der Waals surface area contributed by atoms with Crippen molar-refractivity contribution in [1.29, 1.82) is 0 Å². The highest BCUT2D eigenvalue weighted by molar-refractivity contribution is 6.01. The predicted molar refractivity (Wildman–Crippen MR) is 171 cm³/mol. The number of aromatic nitrogens is 5. The minimum absolute atomic E-state index is 0.0953. The lowest BCUT2D eigenvalue weighted by atomic mass is 9.81. The van der Waals surface area contributed by atoms with E-state index in [1.165, 1.54) is 0 Å². The molecule has 12 nitrogen and oxygen atoms in total. The largest absolute Gasteiger partial charge is 0.378 e. The summed E-state index contributed by atoms with van der Waals surface area (Å²) in [6, 6.07) is 18.5. The van der Waals surface area contributed by atoms with Gasteiger partial charge >= 0.3 is 0 Å². The number of nitrogens with one attached hydrogen (secondary N) is 1. The number of benzene rings is 2. The third kappa shape index (κ3) is 7.02. The number of H-pyrrole nitrogens is 1. The van der Waals surface area contributed by atoms with E-state index in [0.717, 1.165) is 66.8 Å². The Labute approximate surface area is 262 Å². The molecule has 0 spiro atoms. The summed E-state index contributed by atoms with van der Waals surface area (Å²) in [5, 5.41) is 14.2. The molecule has 4 aromatic rings. The molecule has 1 saturated heterocycles. The van der Waals surface area contributed by atoms with Gasteiger partial charge < -0.3 is 21.1 Å². The van der Waals surface area contributed by atoms with Gasteiger partial charge in [0.2, 0.25) is 17.6 Å². The Kier molecular flexibility index (Phi) is 9.41. The molecule has 2 fully saturated rings. The van der Waals surface area contributed by atoms with Crippen molar-refractivity contribution in [3.8, 4) is 22.5 Å². The summed E-state index contributed by atoms with van der Waals surface area (Å²) in [5.41, 5.74) is 16.2. The average Bonchev–Trinajstić information content (AvgIpc) is 3.64. The summed E-state index contributed by atoms with van der Waals surface area (Å²) < 4.78 is 5.50. The molecule has 0 bridgehead atoms. The third-order valence-electron chi connectivity index (χ3n) is 8.93. The molecule has 1 atom stereocenters. The number of amides is 2. The molecular weight excluding hydrogens is 570 g/mol. The minimum Gasteiger partial charge on any atom is -0.378 e. The zero-order valence-corrected chi connectivity index (χ0v) is 25.2. The molecule has 2 aromatic carbocycles. The second-order valence-electron chi connectivity index (χ2n) is 11.8. The normalized spacial score (nSPS) is 19.2. The van der Waals surface area contributed by atoms with E-state index in [1.807, 2.05) is 54.7 Å². The molecule has 12 heteroatoms. The molecule has 1 aliphatic carbocycles. The number of primary amides is 1. The second kappa shape index (κ2) is 14.0.